The van der Waals surface area contributed by atoms with Gasteiger partial charge in [0.05, 0.1) is 6.67 Å². The number of hydrogen-bond acceptors (Lipinski definition) is 3. The summed E-state index contributed by atoms with van der Waals surface area (Å²) in [6.45, 7) is 5.67. The normalized spacial score (nSPS) is 14.8. The van der Waals surface area contributed by atoms with Crippen molar-refractivity contribution in [3.63, 3.8) is 0 Å². The van der Waals surface area contributed by atoms with Gasteiger partial charge in [-0.3, -0.25) is 4.90 Å². The standard InChI is InChI=1S/C23H26N4S/c1-2-26-22(17-19-9-5-3-6-10-19)24-27(23(26)28)18-25-15-13-21(14-16-25)20-11-7-4-8-12-20/h3-13H,2,14-18H2,1H3. The highest BCUT2D eigenvalue weighted by Crippen LogP contribution is 2.22. The molecule has 2 heterocycles. The van der Waals surface area contributed by atoms with Crippen LogP contribution in [0.1, 0.15) is 30.3 Å². The third kappa shape index (κ3) is 4.16. The predicted molar refractivity (Wildman–Crippen MR) is 117 cm³/mol. The van der Waals surface area contributed by atoms with Crippen molar-refractivity contribution < 1.29 is 0 Å². The summed E-state index contributed by atoms with van der Waals surface area (Å²) < 4.78 is 4.95. The molecule has 144 valence electrons. The van der Waals surface area contributed by atoms with Crippen molar-refractivity contribution in [1.29, 1.82) is 0 Å². The molecule has 2 aromatic carbocycles. The first kappa shape index (κ1) is 18.8. The Morgan fingerprint density at radius 1 is 1.00 bits per heavy atom. The van der Waals surface area contributed by atoms with Gasteiger partial charge in [-0.15, -0.1) is 0 Å². The summed E-state index contributed by atoms with van der Waals surface area (Å²) in [6.07, 6.45) is 4.20. The molecule has 1 aliphatic rings. The highest BCUT2D eigenvalue weighted by atomic mass is 32.1. The molecule has 5 heteroatoms. The van der Waals surface area contributed by atoms with Gasteiger partial charge in [0.25, 0.3) is 0 Å². The van der Waals surface area contributed by atoms with Crippen molar-refractivity contribution in [2.75, 3.05) is 13.1 Å². The van der Waals surface area contributed by atoms with E-state index in [9.17, 15) is 0 Å². The van der Waals surface area contributed by atoms with Crippen molar-refractivity contribution in [2.45, 2.75) is 33.0 Å². The van der Waals surface area contributed by atoms with Gasteiger partial charge in [0.2, 0.25) is 0 Å². The van der Waals surface area contributed by atoms with Crippen LogP contribution in [-0.2, 0) is 19.6 Å². The second-order valence-corrected chi connectivity index (χ2v) is 7.53. The summed E-state index contributed by atoms with van der Waals surface area (Å²) in [5.74, 6) is 1.04. The first-order chi connectivity index (χ1) is 13.7. The predicted octanol–water partition coefficient (Wildman–Crippen LogP) is 4.77. The van der Waals surface area contributed by atoms with Crippen molar-refractivity contribution >= 4 is 17.8 Å². The Kier molecular flexibility index (Phi) is 5.84. The highest BCUT2D eigenvalue weighted by molar-refractivity contribution is 7.71. The molecular weight excluding hydrogens is 364 g/mol. The van der Waals surface area contributed by atoms with Gasteiger partial charge >= 0.3 is 0 Å². The van der Waals surface area contributed by atoms with Gasteiger partial charge in [-0.05, 0) is 42.3 Å². The molecule has 28 heavy (non-hydrogen) atoms. The van der Waals surface area contributed by atoms with Crippen molar-refractivity contribution in [3.8, 4) is 0 Å². The lowest BCUT2D eigenvalue weighted by atomic mass is 10.00. The molecule has 1 aliphatic heterocycles. The van der Waals surface area contributed by atoms with Crippen LogP contribution in [-0.4, -0.2) is 32.3 Å². The van der Waals surface area contributed by atoms with E-state index in [0.717, 1.165) is 49.7 Å². The van der Waals surface area contributed by atoms with E-state index >= 15 is 0 Å². The van der Waals surface area contributed by atoms with E-state index in [2.05, 4.69) is 77.1 Å². The van der Waals surface area contributed by atoms with Crippen LogP contribution in [0.15, 0.2) is 66.7 Å². The van der Waals surface area contributed by atoms with Gasteiger partial charge in [0.1, 0.15) is 5.82 Å². The van der Waals surface area contributed by atoms with E-state index in [1.807, 2.05) is 10.7 Å². The molecular formula is C23H26N4S. The Balaban J connectivity index is 1.48. The van der Waals surface area contributed by atoms with Gasteiger partial charge in [0.15, 0.2) is 4.77 Å². The van der Waals surface area contributed by atoms with Gasteiger partial charge < -0.3 is 4.57 Å². The van der Waals surface area contributed by atoms with Crippen LogP contribution in [0.2, 0.25) is 0 Å². The van der Waals surface area contributed by atoms with Gasteiger partial charge in [-0.2, -0.15) is 5.10 Å². The first-order valence-electron chi connectivity index (χ1n) is 9.92. The van der Waals surface area contributed by atoms with E-state index in [-0.39, 0.29) is 0 Å². The Hall–Kier alpha value is -2.50. The monoisotopic (exact) mass is 390 g/mol. The average Bonchev–Trinajstić information content (AvgIpc) is 3.04. The van der Waals surface area contributed by atoms with Crippen LogP contribution in [0.25, 0.3) is 5.57 Å². The molecule has 0 saturated carbocycles. The molecule has 0 amide bonds. The van der Waals surface area contributed by atoms with Gasteiger partial charge in [-0.1, -0.05) is 66.7 Å². The van der Waals surface area contributed by atoms with E-state index in [0.29, 0.717) is 0 Å². The van der Waals surface area contributed by atoms with Gasteiger partial charge in [0, 0.05) is 26.1 Å². The third-order valence-electron chi connectivity index (χ3n) is 5.29. The van der Waals surface area contributed by atoms with E-state index in [4.69, 9.17) is 17.3 Å². The zero-order chi connectivity index (χ0) is 19.3. The quantitative estimate of drug-likeness (QED) is 0.567. The van der Waals surface area contributed by atoms with E-state index in [1.165, 1.54) is 16.7 Å². The van der Waals surface area contributed by atoms with Crippen LogP contribution in [0.3, 0.4) is 0 Å². The number of nitrogens with zero attached hydrogens (tertiary/aromatic N) is 4. The van der Waals surface area contributed by atoms with Crippen molar-refractivity contribution in [3.05, 3.63) is 88.5 Å². The Morgan fingerprint density at radius 2 is 1.71 bits per heavy atom. The molecule has 0 atom stereocenters. The molecule has 0 radical (unpaired) electrons. The minimum Gasteiger partial charge on any atom is -0.304 e. The summed E-state index contributed by atoms with van der Waals surface area (Å²) in [5, 5.41) is 4.86. The van der Waals surface area contributed by atoms with Crippen molar-refractivity contribution in [1.82, 2.24) is 19.2 Å². The van der Waals surface area contributed by atoms with E-state index < -0.39 is 0 Å². The maximum absolute atomic E-state index is 5.72. The second kappa shape index (κ2) is 8.67. The first-order valence-corrected chi connectivity index (χ1v) is 10.3. The van der Waals surface area contributed by atoms with Crippen LogP contribution in [0.4, 0.5) is 0 Å². The molecule has 0 saturated heterocycles. The summed E-state index contributed by atoms with van der Waals surface area (Å²) in [7, 11) is 0. The van der Waals surface area contributed by atoms with Crippen LogP contribution >= 0.6 is 12.2 Å². The molecule has 0 bridgehead atoms. The molecule has 0 aliphatic carbocycles. The second-order valence-electron chi connectivity index (χ2n) is 7.17. The molecule has 1 aromatic heterocycles. The molecule has 3 aromatic rings. The van der Waals surface area contributed by atoms with Crippen molar-refractivity contribution in [2.24, 2.45) is 0 Å². The summed E-state index contributed by atoms with van der Waals surface area (Å²) >= 11 is 5.72. The van der Waals surface area contributed by atoms with E-state index in [1.54, 1.807) is 0 Å². The lowest BCUT2D eigenvalue weighted by Gasteiger charge is -2.26. The smallest absolute Gasteiger partial charge is 0.199 e. The highest BCUT2D eigenvalue weighted by Gasteiger charge is 2.16. The Morgan fingerprint density at radius 3 is 2.36 bits per heavy atom. The summed E-state index contributed by atoms with van der Waals surface area (Å²) in [4.78, 5) is 2.40. The maximum Gasteiger partial charge on any atom is 0.199 e. The fourth-order valence-electron chi connectivity index (χ4n) is 3.75. The Bertz CT molecular complexity index is 1000. The molecule has 0 spiro atoms. The zero-order valence-corrected chi connectivity index (χ0v) is 17.1. The number of benzene rings is 2. The van der Waals surface area contributed by atoms with Crippen LogP contribution < -0.4 is 0 Å². The largest absolute Gasteiger partial charge is 0.304 e. The minimum absolute atomic E-state index is 0.742. The summed E-state index contributed by atoms with van der Waals surface area (Å²) in [5.41, 5.74) is 4.03. The molecule has 4 nitrogen and oxygen atoms in total. The summed E-state index contributed by atoms with van der Waals surface area (Å²) in [6, 6.07) is 21.1. The minimum atomic E-state index is 0.742. The molecule has 0 unspecified atom stereocenters. The molecule has 4 rings (SSSR count). The zero-order valence-electron chi connectivity index (χ0n) is 16.3. The third-order valence-corrected chi connectivity index (χ3v) is 5.72. The average molecular weight is 391 g/mol. The Labute approximate surface area is 171 Å². The number of aromatic nitrogens is 3. The SMILES string of the molecule is CCn1c(Cc2ccccc2)nn(CN2CC=C(c3ccccc3)CC2)c1=S. The number of rotatable bonds is 6. The number of hydrogen-bond donors (Lipinski definition) is 0. The lowest BCUT2D eigenvalue weighted by molar-refractivity contribution is 0.225. The van der Waals surface area contributed by atoms with Gasteiger partial charge in [-0.25, -0.2) is 4.68 Å². The molecule has 0 fully saturated rings. The fraction of sp³-hybridized carbons (Fsp3) is 0.304. The topological polar surface area (TPSA) is 26.0 Å². The molecule has 0 N–H and O–H groups in total. The maximum atomic E-state index is 5.72. The lowest BCUT2D eigenvalue weighted by Crippen LogP contribution is -2.31. The fourth-order valence-corrected chi connectivity index (χ4v) is 4.08. The van der Waals surface area contributed by atoms with Crippen LogP contribution in [0.5, 0.6) is 0 Å². The van der Waals surface area contributed by atoms with Crippen LogP contribution in [0, 0.1) is 4.77 Å².